The van der Waals surface area contributed by atoms with Crippen molar-refractivity contribution in [2.75, 3.05) is 6.54 Å². The molecule has 2 rings (SSSR count). The number of nitrogens with one attached hydrogen (secondary N) is 1. The number of furan rings is 1. The van der Waals surface area contributed by atoms with Crippen LogP contribution in [0.15, 0.2) is 22.8 Å². The highest BCUT2D eigenvalue weighted by Crippen LogP contribution is 2.27. The van der Waals surface area contributed by atoms with Gasteiger partial charge in [0.1, 0.15) is 5.69 Å². The zero-order valence-electron chi connectivity index (χ0n) is 12.6. The highest BCUT2D eigenvalue weighted by molar-refractivity contribution is 7.15. The monoisotopic (exact) mass is 307 g/mol. The van der Waals surface area contributed by atoms with Crippen molar-refractivity contribution in [2.24, 2.45) is 5.73 Å². The Bertz CT molecular complexity index is 600. The van der Waals surface area contributed by atoms with Crippen LogP contribution < -0.4 is 11.1 Å². The molecule has 0 saturated carbocycles. The fraction of sp³-hybridized carbons (Fsp3) is 0.467. The first-order valence-corrected chi connectivity index (χ1v) is 7.89. The summed E-state index contributed by atoms with van der Waals surface area (Å²) in [7, 11) is 0. The van der Waals surface area contributed by atoms with E-state index in [4.69, 9.17) is 10.2 Å². The van der Waals surface area contributed by atoms with E-state index in [-0.39, 0.29) is 11.4 Å². The van der Waals surface area contributed by atoms with Crippen molar-refractivity contribution in [1.82, 2.24) is 10.3 Å². The maximum absolute atomic E-state index is 12.3. The van der Waals surface area contributed by atoms with Gasteiger partial charge in [0.05, 0.1) is 6.26 Å². The molecule has 0 atom stereocenters. The lowest BCUT2D eigenvalue weighted by molar-refractivity contribution is 0.0937. The molecule has 0 fully saturated rings. The Kier molecular flexibility index (Phi) is 4.80. The van der Waals surface area contributed by atoms with Crippen LogP contribution in [-0.4, -0.2) is 23.0 Å². The average Bonchev–Trinajstić information content (AvgIpc) is 3.13. The normalized spacial score (nSPS) is 11.6. The van der Waals surface area contributed by atoms with Gasteiger partial charge in [-0.2, -0.15) is 0 Å². The number of aryl methyl sites for hydroxylation is 1. The topological polar surface area (TPSA) is 81.1 Å². The summed E-state index contributed by atoms with van der Waals surface area (Å²) >= 11 is 1.45. The second kappa shape index (κ2) is 6.41. The first-order chi connectivity index (χ1) is 9.99. The Morgan fingerprint density at radius 3 is 2.76 bits per heavy atom. The Morgan fingerprint density at radius 2 is 2.19 bits per heavy atom. The lowest BCUT2D eigenvalue weighted by atomic mass is 9.94. The van der Waals surface area contributed by atoms with Crippen LogP contribution in [0.3, 0.4) is 0 Å². The number of aromatic nitrogens is 1. The third kappa shape index (κ3) is 3.51. The van der Waals surface area contributed by atoms with Crippen molar-refractivity contribution in [2.45, 2.75) is 39.2 Å². The zero-order chi connectivity index (χ0) is 15.5. The van der Waals surface area contributed by atoms with Gasteiger partial charge in [-0.3, -0.25) is 4.79 Å². The predicted octanol–water partition coefficient (Wildman–Crippen LogP) is 2.96. The summed E-state index contributed by atoms with van der Waals surface area (Å²) in [6, 6.07) is 3.64. The number of rotatable bonds is 6. The van der Waals surface area contributed by atoms with Crippen molar-refractivity contribution in [3.8, 4) is 10.8 Å². The number of hydrogen-bond donors (Lipinski definition) is 2. The van der Waals surface area contributed by atoms with Gasteiger partial charge in [-0.25, -0.2) is 4.98 Å². The van der Waals surface area contributed by atoms with E-state index < -0.39 is 0 Å². The largest absolute Gasteiger partial charge is 0.462 e. The number of hydrogen-bond acceptors (Lipinski definition) is 5. The van der Waals surface area contributed by atoms with E-state index in [1.807, 2.05) is 26.8 Å². The quantitative estimate of drug-likeness (QED) is 0.859. The van der Waals surface area contributed by atoms with Gasteiger partial charge in [-0.15, -0.1) is 11.3 Å². The standard InChI is InChI=1S/C15H21N3O2S/c1-4-15(16,5-2)9-17-13(19)12-10(3)21-14(18-12)11-7-6-8-20-11/h6-8H,4-5,9,16H2,1-3H3,(H,17,19). The van der Waals surface area contributed by atoms with E-state index in [2.05, 4.69) is 10.3 Å². The Labute approximate surface area is 128 Å². The molecule has 0 spiro atoms. The van der Waals surface area contributed by atoms with Gasteiger partial charge >= 0.3 is 0 Å². The van der Waals surface area contributed by atoms with Crippen LogP contribution in [0, 0.1) is 6.92 Å². The molecule has 2 heterocycles. The van der Waals surface area contributed by atoms with Crippen LogP contribution in [0.1, 0.15) is 42.1 Å². The summed E-state index contributed by atoms with van der Waals surface area (Å²) in [5.41, 5.74) is 6.28. The van der Waals surface area contributed by atoms with E-state index in [9.17, 15) is 4.79 Å². The van der Waals surface area contributed by atoms with Gasteiger partial charge in [-0.05, 0) is 31.9 Å². The van der Waals surface area contributed by atoms with Crippen LogP contribution in [-0.2, 0) is 0 Å². The number of carbonyl (C=O) groups is 1. The SMILES string of the molecule is CCC(N)(CC)CNC(=O)c1nc(-c2ccco2)sc1C. The van der Waals surface area contributed by atoms with Crippen molar-refractivity contribution in [1.29, 1.82) is 0 Å². The van der Waals surface area contributed by atoms with Gasteiger partial charge in [0.2, 0.25) is 0 Å². The van der Waals surface area contributed by atoms with Crippen LogP contribution >= 0.6 is 11.3 Å². The van der Waals surface area contributed by atoms with E-state index in [1.165, 1.54) is 11.3 Å². The van der Waals surface area contributed by atoms with Crippen LogP contribution in [0.5, 0.6) is 0 Å². The van der Waals surface area contributed by atoms with Crippen LogP contribution in [0.4, 0.5) is 0 Å². The van der Waals surface area contributed by atoms with Gasteiger partial charge in [0.15, 0.2) is 10.8 Å². The molecule has 0 bridgehead atoms. The van der Waals surface area contributed by atoms with E-state index in [0.717, 1.165) is 17.7 Å². The molecule has 0 aliphatic heterocycles. The predicted molar refractivity (Wildman–Crippen MR) is 84.4 cm³/mol. The Hall–Kier alpha value is -1.66. The second-order valence-electron chi connectivity index (χ2n) is 5.15. The number of carbonyl (C=O) groups excluding carboxylic acids is 1. The molecule has 2 aromatic rings. The molecule has 3 N–H and O–H groups in total. The fourth-order valence-electron chi connectivity index (χ4n) is 1.95. The van der Waals surface area contributed by atoms with E-state index in [0.29, 0.717) is 23.0 Å². The smallest absolute Gasteiger partial charge is 0.271 e. The molecule has 6 heteroatoms. The minimum Gasteiger partial charge on any atom is -0.462 e. The molecule has 0 saturated heterocycles. The molecule has 5 nitrogen and oxygen atoms in total. The van der Waals surface area contributed by atoms with Crippen LogP contribution in [0.25, 0.3) is 10.8 Å². The highest BCUT2D eigenvalue weighted by atomic mass is 32.1. The van der Waals surface area contributed by atoms with E-state index >= 15 is 0 Å². The molecule has 0 unspecified atom stereocenters. The summed E-state index contributed by atoms with van der Waals surface area (Å²) in [5, 5.41) is 3.61. The first kappa shape index (κ1) is 15.7. The summed E-state index contributed by atoms with van der Waals surface area (Å²) < 4.78 is 5.31. The lowest BCUT2D eigenvalue weighted by Crippen LogP contribution is -2.49. The molecule has 0 aliphatic carbocycles. The molecule has 0 aliphatic rings. The summed E-state index contributed by atoms with van der Waals surface area (Å²) in [5.74, 6) is 0.496. The van der Waals surface area contributed by atoms with Gasteiger partial charge in [0.25, 0.3) is 5.91 Å². The Morgan fingerprint density at radius 1 is 1.48 bits per heavy atom. The average molecular weight is 307 g/mol. The molecular weight excluding hydrogens is 286 g/mol. The van der Waals surface area contributed by atoms with Crippen LogP contribution in [0.2, 0.25) is 0 Å². The lowest BCUT2D eigenvalue weighted by Gasteiger charge is -2.26. The molecule has 2 aromatic heterocycles. The van der Waals surface area contributed by atoms with Crippen molar-refractivity contribution >= 4 is 17.2 Å². The first-order valence-electron chi connectivity index (χ1n) is 7.07. The second-order valence-corrected chi connectivity index (χ2v) is 6.36. The van der Waals surface area contributed by atoms with Crippen molar-refractivity contribution in [3.63, 3.8) is 0 Å². The third-order valence-corrected chi connectivity index (χ3v) is 4.74. The summed E-state index contributed by atoms with van der Waals surface area (Å²) in [6.45, 7) is 6.39. The Balaban J connectivity index is 2.10. The molecule has 1 amide bonds. The molecule has 21 heavy (non-hydrogen) atoms. The minimum absolute atomic E-state index is 0.182. The molecular formula is C15H21N3O2S. The highest BCUT2D eigenvalue weighted by Gasteiger charge is 2.23. The van der Waals surface area contributed by atoms with E-state index in [1.54, 1.807) is 12.3 Å². The number of amides is 1. The van der Waals surface area contributed by atoms with Crippen molar-refractivity contribution in [3.05, 3.63) is 29.0 Å². The maximum atomic E-state index is 12.3. The van der Waals surface area contributed by atoms with Crippen molar-refractivity contribution < 1.29 is 9.21 Å². The number of thiazole rings is 1. The molecule has 0 radical (unpaired) electrons. The zero-order valence-corrected chi connectivity index (χ0v) is 13.4. The summed E-state index contributed by atoms with van der Waals surface area (Å²) in [6.07, 6.45) is 3.23. The molecule has 0 aromatic carbocycles. The van der Waals surface area contributed by atoms with Gasteiger partial charge < -0.3 is 15.5 Å². The third-order valence-electron chi connectivity index (χ3n) is 3.75. The van der Waals surface area contributed by atoms with Gasteiger partial charge in [-0.1, -0.05) is 13.8 Å². The minimum atomic E-state index is -0.358. The fourth-order valence-corrected chi connectivity index (χ4v) is 2.83. The number of nitrogens with two attached hydrogens (primary N) is 1. The van der Waals surface area contributed by atoms with Gasteiger partial charge in [0, 0.05) is 17.0 Å². The number of nitrogens with zero attached hydrogens (tertiary/aromatic N) is 1. The maximum Gasteiger partial charge on any atom is 0.271 e. The molecule has 114 valence electrons. The summed E-state index contributed by atoms with van der Waals surface area (Å²) in [4.78, 5) is 17.5.